The lowest BCUT2D eigenvalue weighted by atomic mass is 9.95. The van der Waals surface area contributed by atoms with E-state index in [0.29, 0.717) is 5.41 Å². The maximum atomic E-state index is 2.34. The monoisotopic (exact) mass is 210 g/mol. The summed E-state index contributed by atoms with van der Waals surface area (Å²) >= 11 is 1.99. The van der Waals surface area contributed by atoms with Gasteiger partial charge in [0.05, 0.1) is 0 Å². The van der Waals surface area contributed by atoms with Crippen molar-refractivity contribution in [2.75, 3.05) is 0 Å². The lowest BCUT2D eigenvalue weighted by molar-refractivity contribution is 0.604. The van der Waals surface area contributed by atoms with Crippen LogP contribution in [0.25, 0.3) is 0 Å². The van der Waals surface area contributed by atoms with E-state index in [1.165, 1.54) is 17.7 Å². The van der Waals surface area contributed by atoms with Crippen LogP contribution in [-0.2, 0) is 5.41 Å². The molecule has 1 unspecified atom stereocenters. The van der Waals surface area contributed by atoms with Crippen molar-refractivity contribution in [3.8, 4) is 0 Å². The van der Waals surface area contributed by atoms with Gasteiger partial charge in [-0.25, -0.2) is 0 Å². The van der Waals surface area contributed by atoms with Crippen molar-refractivity contribution in [1.82, 2.24) is 0 Å². The van der Waals surface area contributed by atoms with Crippen LogP contribution < -0.4 is 0 Å². The zero-order valence-electron chi connectivity index (χ0n) is 10.1. The Kier molecular flexibility index (Phi) is 3.77. The minimum absolute atomic E-state index is 0.314. The van der Waals surface area contributed by atoms with Crippen LogP contribution in [0.1, 0.15) is 63.1 Å². The van der Waals surface area contributed by atoms with Gasteiger partial charge >= 0.3 is 0 Å². The molecule has 1 aromatic rings. The summed E-state index contributed by atoms with van der Waals surface area (Å²) in [7, 11) is 0. The second-order valence-electron chi connectivity index (χ2n) is 5.14. The highest BCUT2D eigenvalue weighted by atomic mass is 32.1. The maximum Gasteiger partial charge on any atom is 0.0102 e. The molecule has 0 spiro atoms. The van der Waals surface area contributed by atoms with Crippen molar-refractivity contribution in [3.63, 3.8) is 0 Å². The van der Waals surface area contributed by atoms with Crippen LogP contribution in [-0.4, -0.2) is 0 Å². The van der Waals surface area contributed by atoms with Gasteiger partial charge in [-0.1, -0.05) is 41.0 Å². The Balaban J connectivity index is 2.78. The van der Waals surface area contributed by atoms with Gasteiger partial charge in [-0.3, -0.25) is 0 Å². The lowest BCUT2D eigenvalue weighted by Gasteiger charge is -2.15. The smallest absolute Gasteiger partial charge is 0.0102 e. The quantitative estimate of drug-likeness (QED) is 0.662. The van der Waals surface area contributed by atoms with Crippen molar-refractivity contribution in [3.05, 3.63) is 21.9 Å². The second kappa shape index (κ2) is 4.48. The van der Waals surface area contributed by atoms with E-state index in [1.807, 2.05) is 11.3 Å². The molecule has 0 aromatic carbocycles. The Labute approximate surface area is 92.4 Å². The topological polar surface area (TPSA) is 0 Å². The number of thiophene rings is 1. The van der Waals surface area contributed by atoms with E-state index >= 15 is 0 Å². The van der Waals surface area contributed by atoms with E-state index in [0.717, 1.165) is 5.92 Å². The molecule has 0 N–H and O–H groups in total. The predicted molar refractivity (Wildman–Crippen MR) is 66.3 cm³/mol. The van der Waals surface area contributed by atoms with Crippen LogP contribution in [0.15, 0.2) is 12.1 Å². The van der Waals surface area contributed by atoms with Crippen molar-refractivity contribution in [2.24, 2.45) is 0 Å². The van der Waals surface area contributed by atoms with Crippen LogP contribution in [0.2, 0.25) is 0 Å². The number of hydrogen-bond acceptors (Lipinski definition) is 1. The highest BCUT2D eigenvalue weighted by Crippen LogP contribution is 2.34. The van der Waals surface area contributed by atoms with Crippen LogP contribution in [0, 0.1) is 0 Å². The zero-order chi connectivity index (χ0) is 10.8. The molecular weight excluding hydrogens is 188 g/mol. The molecule has 0 amide bonds. The first kappa shape index (κ1) is 11.8. The summed E-state index contributed by atoms with van der Waals surface area (Å²) in [4.78, 5) is 3.06. The van der Waals surface area contributed by atoms with Crippen molar-refractivity contribution < 1.29 is 0 Å². The lowest BCUT2D eigenvalue weighted by Crippen LogP contribution is -2.07. The van der Waals surface area contributed by atoms with E-state index < -0.39 is 0 Å². The molecule has 1 atom stereocenters. The molecule has 80 valence electrons. The summed E-state index contributed by atoms with van der Waals surface area (Å²) in [5.41, 5.74) is 0.314. The molecule has 0 saturated heterocycles. The molecule has 1 aromatic heterocycles. The van der Waals surface area contributed by atoms with Gasteiger partial charge in [0.25, 0.3) is 0 Å². The molecule has 0 nitrogen and oxygen atoms in total. The van der Waals surface area contributed by atoms with E-state index in [2.05, 4.69) is 46.8 Å². The molecular formula is C13H22S. The Morgan fingerprint density at radius 2 is 1.93 bits per heavy atom. The van der Waals surface area contributed by atoms with Gasteiger partial charge in [-0.15, -0.1) is 11.3 Å². The Morgan fingerprint density at radius 1 is 1.29 bits per heavy atom. The molecule has 0 fully saturated rings. The van der Waals surface area contributed by atoms with E-state index in [-0.39, 0.29) is 0 Å². The van der Waals surface area contributed by atoms with Gasteiger partial charge in [0.15, 0.2) is 0 Å². The van der Waals surface area contributed by atoms with Crippen LogP contribution >= 0.6 is 11.3 Å². The van der Waals surface area contributed by atoms with Crippen molar-refractivity contribution in [2.45, 2.75) is 58.8 Å². The van der Waals surface area contributed by atoms with Gasteiger partial charge in [-0.2, -0.15) is 0 Å². The molecule has 0 saturated carbocycles. The minimum atomic E-state index is 0.314. The highest BCUT2D eigenvalue weighted by molar-refractivity contribution is 7.12. The third kappa shape index (κ3) is 2.84. The van der Waals surface area contributed by atoms with Gasteiger partial charge in [0, 0.05) is 9.75 Å². The molecule has 1 heterocycles. The molecule has 1 heteroatoms. The molecule has 0 bridgehead atoms. The van der Waals surface area contributed by atoms with Gasteiger partial charge in [0.2, 0.25) is 0 Å². The average Bonchev–Trinajstić information content (AvgIpc) is 2.51. The van der Waals surface area contributed by atoms with Crippen molar-refractivity contribution in [1.29, 1.82) is 0 Å². The van der Waals surface area contributed by atoms with Gasteiger partial charge in [-0.05, 0) is 29.9 Å². The van der Waals surface area contributed by atoms with Crippen LogP contribution in [0.3, 0.4) is 0 Å². The molecule has 0 aliphatic heterocycles. The molecule has 0 aliphatic carbocycles. The summed E-state index contributed by atoms with van der Waals surface area (Å²) in [5, 5.41) is 0. The summed E-state index contributed by atoms with van der Waals surface area (Å²) in [6.45, 7) is 11.4. The Morgan fingerprint density at radius 3 is 2.36 bits per heavy atom. The van der Waals surface area contributed by atoms with Crippen LogP contribution in [0.4, 0.5) is 0 Å². The highest BCUT2D eigenvalue weighted by Gasteiger charge is 2.17. The molecule has 0 aliphatic rings. The standard InChI is InChI=1S/C13H22S/c1-6-7-10(2)11-8-9-12(14-11)13(3,4)5/h8-10H,6-7H2,1-5H3. The number of rotatable bonds is 3. The number of hydrogen-bond donors (Lipinski definition) is 0. The summed E-state index contributed by atoms with van der Waals surface area (Å²) in [6.07, 6.45) is 2.59. The van der Waals surface area contributed by atoms with Crippen molar-refractivity contribution >= 4 is 11.3 Å². The molecule has 14 heavy (non-hydrogen) atoms. The van der Waals surface area contributed by atoms with E-state index in [4.69, 9.17) is 0 Å². The fraction of sp³-hybridized carbons (Fsp3) is 0.692. The first-order chi connectivity index (χ1) is 6.45. The molecule has 0 radical (unpaired) electrons. The minimum Gasteiger partial charge on any atom is -0.145 e. The van der Waals surface area contributed by atoms with Gasteiger partial charge in [0.1, 0.15) is 0 Å². The van der Waals surface area contributed by atoms with Crippen LogP contribution in [0.5, 0.6) is 0 Å². The van der Waals surface area contributed by atoms with E-state index in [9.17, 15) is 0 Å². The van der Waals surface area contributed by atoms with E-state index in [1.54, 1.807) is 4.88 Å². The summed E-state index contributed by atoms with van der Waals surface area (Å²) in [6, 6.07) is 4.61. The predicted octanol–water partition coefficient (Wildman–Crippen LogP) is 4.95. The SMILES string of the molecule is CCCC(C)c1ccc(C(C)(C)C)s1. The first-order valence-electron chi connectivity index (χ1n) is 5.55. The first-order valence-corrected chi connectivity index (χ1v) is 6.37. The maximum absolute atomic E-state index is 2.34. The normalized spacial score (nSPS) is 14.4. The zero-order valence-corrected chi connectivity index (χ0v) is 10.9. The Bertz CT molecular complexity index is 278. The fourth-order valence-electron chi connectivity index (χ4n) is 1.60. The third-order valence-corrected chi connectivity index (χ3v) is 4.32. The summed E-state index contributed by atoms with van der Waals surface area (Å²) in [5.74, 6) is 0.737. The van der Waals surface area contributed by atoms with Gasteiger partial charge < -0.3 is 0 Å². The average molecular weight is 210 g/mol. The Hall–Kier alpha value is -0.300. The third-order valence-electron chi connectivity index (χ3n) is 2.57. The molecule has 1 rings (SSSR count). The second-order valence-corrected chi connectivity index (χ2v) is 6.26. The fourth-order valence-corrected chi connectivity index (χ4v) is 2.75. The summed E-state index contributed by atoms with van der Waals surface area (Å²) < 4.78 is 0. The largest absolute Gasteiger partial charge is 0.145 e.